The molecule has 0 aliphatic heterocycles. The van der Waals surface area contributed by atoms with Gasteiger partial charge in [-0.05, 0) is 37.1 Å². The van der Waals surface area contributed by atoms with Crippen molar-refractivity contribution in [1.82, 2.24) is 15.3 Å². The summed E-state index contributed by atoms with van der Waals surface area (Å²) in [5.74, 6) is 1.77. The van der Waals surface area contributed by atoms with Crippen molar-refractivity contribution in [1.29, 1.82) is 0 Å². The molecule has 0 saturated heterocycles. The van der Waals surface area contributed by atoms with Crippen molar-refractivity contribution < 1.29 is 14.3 Å². The first-order valence-electron chi connectivity index (χ1n) is 10.8. The highest BCUT2D eigenvalue weighted by Gasteiger charge is 2.16. The van der Waals surface area contributed by atoms with Crippen LogP contribution in [-0.2, 0) is 0 Å². The van der Waals surface area contributed by atoms with Crippen molar-refractivity contribution in [3.05, 3.63) is 66.5 Å². The first-order valence-corrected chi connectivity index (χ1v) is 10.8. The molecule has 1 amide bonds. The number of hydrogen-bond acceptors (Lipinski definition) is 5. The Bertz CT molecular complexity index is 1010. The highest BCUT2D eigenvalue weighted by atomic mass is 16.5. The van der Waals surface area contributed by atoms with E-state index in [1.165, 1.54) is 32.0 Å². The number of carbonyl (C=O) groups excluding carboxylic acids is 1. The van der Waals surface area contributed by atoms with Gasteiger partial charge in [-0.3, -0.25) is 4.79 Å². The molecule has 1 fully saturated rings. The van der Waals surface area contributed by atoms with Gasteiger partial charge in [0.1, 0.15) is 17.8 Å². The molecule has 3 aromatic rings. The van der Waals surface area contributed by atoms with E-state index in [1.54, 1.807) is 19.2 Å². The summed E-state index contributed by atoms with van der Waals surface area (Å²) >= 11 is 0. The first-order chi connectivity index (χ1) is 15.2. The quantitative estimate of drug-likeness (QED) is 0.544. The largest absolute Gasteiger partial charge is 0.497 e. The van der Waals surface area contributed by atoms with Gasteiger partial charge in [-0.2, -0.15) is 0 Å². The van der Waals surface area contributed by atoms with Crippen LogP contribution in [0, 0.1) is 0 Å². The lowest BCUT2D eigenvalue weighted by Crippen LogP contribution is -2.34. The minimum absolute atomic E-state index is 0.0109. The van der Waals surface area contributed by atoms with Gasteiger partial charge in [0.25, 0.3) is 5.91 Å². The summed E-state index contributed by atoms with van der Waals surface area (Å²) in [7, 11) is 1.61. The van der Waals surface area contributed by atoms with Crippen LogP contribution in [0.15, 0.2) is 60.9 Å². The fourth-order valence-electron chi connectivity index (χ4n) is 3.82. The smallest absolute Gasteiger partial charge is 0.251 e. The van der Waals surface area contributed by atoms with Gasteiger partial charge in [-0.15, -0.1) is 0 Å². The lowest BCUT2D eigenvalue weighted by atomic mass is 10.1. The van der Waals surface area contributed by atoms with Crippen LogP contribution in [0.25, 0.3) is 11.3 Å². The van der Waals surface area contributed by atoms with Crippen LogP contribution in [0.2, 0.25) is 0 Å². The van der Waals surface area contributed by atoms with Crippen molar-refractivity contribution >= 4 is 5.91 Å². The van der Waals surface area contributed by atoms with Crippen molar-refractivity contribution in [3.8, 4) is 28.6 Å². The zero-order valence-electron chi connectivity index (χ0n) is 17.7. The van der Waals surface area contributed by atoms with E-state index >= 15 is 0 Å². The normalized spacial score (nSPS) is 14.5. The maximum absolute atomic E-state index is 12.6. The van der Waals surface area contributed by atoms with Gasteiger partial charge in [0, 0.05) is 29.3 Å². The van der Waals surface area contributed by atoms with Crippen LogP contribution < -0.4 is 14.8 Å². The predicted octanol–water partition coefficient (Wildman–Crippen LogP) is 5.40. The number of methoxy groups -OCH3 is 1. The molecule has 2 aromatic carbocycles. The molecule has 0 bridgehead atoms. The lowest BCUT2D eigenvalue weighted by Gasteiger charge is -2.16. The molecular weight excluding hydrogens is 390 g/mol. The zero-order valence-corrected chi connectivity index (χ0v) is 17.7. The molecule has 1 saturated carbocycles. The first kappa shape index (κ1) is 20.8. The maximum Gasteiger partial charge on any atom is 0.251 e. The van der Waals surface area contributed by atoms with Crippen LogP contribution in [0.3, 0.4) is 0 Å². The van der Waals surface area contributed by atoms with Crippen molar-refractivity contribution in [2.24, 2.45) is 0 Å². The Morgan fingerprint density at radius 2 is 1.68 bits per heavy atom. The molecule has 0 atom stereocenters. The number of benzene rings is 2. The number of hydrogen-bond donors (Lipinski definition) is 1. The summed E-state index contributed by atoms with van der Waals surface area (Å²) in [6.45, 7) is 0. The second-order valence-electron chi connectivity index (χ2n) is 7.76. The van der Waals surface area contributed by atoms with Crippen LogP contribution in [0.4, 0.5) is 0 Å². The third kappa shape index (κ3) is 5.60. The molecule has 1 aliphatic rings. The molecule has 0 radical (unpaired) electrons. The van der Waals surface area contributed by atoms with Crippen LogP contribution in [-0.4, -0.2) is 29.0 Å². The summed E-state index contributed by atoms with van der Waals surface area (Å²) in [5.41, 5.74) is 2.28. The SMILES string of the molecule is COc1cccc(Oc2cc(-c3ccc(C(=O)NC4CCCCCC4)cc3)ncn2)c1. The third-order valence-electron chi connectivity index (χ3n) is 5.54. The van der Waals surface area contributed by atoms with E-state index in [4.69, 9.17) is 9.47 Å². The Labute approximate surface area is 182 Å². The van der Waals surface area contributed by atoms with E-state index in [1.807, 2.05) is 42.5 Å². The highest BCUT2D eigenvalue weighted by molar-refractivity contribution is 5.94. The molecule has 0 unspecified atom stereocenters. The van der Waals surface area contributed by atoms with Gasteiger partial charge < -0.3 is 14.8 Å². The zero-order chi connectivity index (χ0) is 21.5. The molecule has 160 valence electrons. The Kier molecular flexibility index (Phi) is 6.77. The number of rotatable bonds is 6. The summed E-state index contributed by atoms with van der Waals surface area (Å²) < 4.78 is 11.1. The molecule has 1 aromatic heterocycles. The van der Waals surface area contributed by atoms with E-state index in [9.17, 15) is 4.79 Å². The molecule has 1 aliphatic carbocycles. The fourth-order valence-corrected chi connectivity index (χ4v) is 3.82. The topological polar surface area (TPSA) is 73.3 Å². The standard InChI is InChI=1S/C25H27N3O3/c1-30-21-9-6-10-22(15-21)31-24-16-23(26-17-27-24)18-11-13-19(14-12-18)25(29)28-20-7-4-2-3-5-8-20/h6,9-17,20H,2-5,7-8H2,1H3,(H,28,29). The van der Waals surface area contributed by atoms with Crippen LogP contribution >= 0.6 is 0 Å². The van der Waals surface area contributed by atoms with Gasteiger partial charge in [0.15, 0.2) is 0 Å². The van der Waals surface area contributed by atoms with Crippen molar-refractivity contribution in [2.45, 2.75) is 44.6 Å². The minimum atomic E-state index is -0.0109. The molecule has 0 spiro atoms. The summed E-state index contributed by atoms with van der Waals surface area (Å²) in [4.78, 5) is 21.2. The molecule has 6 nitrogen and oxygen atoms in total. The average Bonchev–Trinajstić information content (AvgIpc) is 3.08. The third-order valence-corrected chi connectivity index (χ3v) is 5.54. The number of nitrogens with one attached hydrogen (secondary N) is 1. The fraction of sp³-hybridized carbons (Fsp3) is 0.320. The molecule has 6 heteroatoms. The number of carbonyl (C=O) groups is 1. The summed E-state index contributed by atoms with van der Waals surface area (Å²) in [5, 5.41) is 3.19. The summed E-state index contributed by atoms with van der Waals surface area (Å²) in [6, 6.07) is 16.9. The Hall–Kier alpha value is -3.41. The molecule has 1 N–H and O–H groups in total. The monoisotopic (exact) mass is 417 g/mol. The summed E-state index contributed by atoms with van der Waals surface area (Å²) in [6.07, 6.45) is 8.53. The lowest BCUT2D eigenvalue weighted by molar-refractivity contribution is 0.0933. The minimum Gasteiger partial charge on any atom is -0.497 e. The van der Waals surface area contributed by atoms with E-state index in [2.05, 4.69) is 15.3 Å². The average molecular weight is 418 g/mol. The highest BCUT2D eigenvalue weighted by Crippen LogP contribution is 2.26. The molecule has 4 rings (SSSR count). The van der Waals surface area contributed by atoms with Gasteiger partial charge in [0.05, 0.1) is 12.8 Å². The van der Waals surface area contributed by atoms with E-state index in [0.29, 0.717) is 22.9 Å². The Morgan fingerprint density at radius 3 is 2.42 bits per heavy atom. The van der Waals surface area contributed by atoms with Crippen LogP contribution in [0.5, 0.6) is 17.4 Å². The Balaban J connectivity index is 1.43. The van der Waals surface area contributed by atoms with Gasteiger partial charge >= 0.3 is 0 Å². The predicted molar refractivity (Wildman–Crippen MR) is 119 cm³/mol. The number of amides is 1. The van der Waals surface area contributed by atoms with Gasteiger partial charge in [-0.25, -0.2) is 9.97 Å². The number of nitrogens with zero attached hydrogens (tertiary/aromatic N) is 2. The molecule has 1 heterocycles. The number of ether oxygens (including phenoxy) is 2. The van der Waals surface area contributed by atoms with Gasteiger partial charge in [0.2, 0.25) is 5.88 Å². The van der Waals surface area contributed by atoms with Crippen LogP contribution in [0.1, 0.15) is 48.9 Å². The maximum atomic E-state index is 12.6. The molecular formula is C25H27N3O3. The van der Waals surface area contributed by atoms with Crippen molar-refractivity contribution in [3.63, 3.8) is 0 Å². The van der Waals surface area contributed by atoms with E-state index < -0.39 is 0 Å². The van der Waals surface area contributed by atoms with Crippen molar-refractivity contribution in [2.75, 3.05) is 7.11 Å². The van der Waals surface area contributed by atoms with Gasteiger partial charge in [-0.1, -0.05) is 43.9 Å². The second kappa shape index (κ2) is 10.1. The van der Waals surface area contributed by atoms with E-state index in [-0.39, 0.29) is 11.9 Å². The Morgan fingerprint density at radius 1 is 0.935 bits per heavy atom. The molecule has 31 heavy (non-hydrogen) atoms. The second-order valence-corrected chi connectivity index (χ2v) is 7.76. The number of aromatic nitrogens is 2. The van der Waals surface area contributed by atoms with E-state index in [0.717, 1.165) is 24.1 Å².